The Morgan fingerprint density at radius 3 is 2.13 bits per heavy atom. The van der Waals surface area contributed by atoms with Gasteiger partial charge >= 0.3 is 5.69 Å². The van der Waals surface area contributed by atoms with Crippen LogP contribution >= 0.6 is 46.4 Å². The predicted octanol–water partition coefficient (Wildman–Crippen LogP) is 2.40. The molecule has 0 unspecified atom stereocenters. The largest absolute Gasteiger partial charge is 0.390 e. The van der Waals surface area contributed by atoms with Crippen LogP contribution in [-0.2, 0) is 4.74 Å². The second-order valence-corrected chi connectivity index (χ2v) is 8.65. The second kappa shape index (κ2) is 7.91. The number of aryl methyl sites for hydroxylation is 1. The van der Waals surface area contributed by atoms with E-state index in [1.165, 1.54) is 13.1 Å². The molecule has 2 amide bonds. The zero-order valence-corrected chi connectivity index (χ0v) is 18.6. The monoisotopic (exact) mass is 507 g/mol. The van der Waals surface area contributed by atoms with Gasteiger partial charge in [-0.25, -0.2) is 4.79 Å². The molecule has 1 aromatic carbocycles. The number of carbonyl (C=O) groups is 2. The number of hydrogen-bond donors (Lipinski definition) is 2. The first-order valence-corrected chi connectivity index (χ1v) is 10.4. The maximum atomic E-state index is 12.9. The number of aliphatic hydroxyl groups is 1. The van der Waals surface area contributed by atoms with Crippen LogP contribution in [0.1, 0.15) is 38.9 Å². The molecule has 1 fully saturated rings. The molecule has 3 atom stereocenters. The van der Waals surface area contributed by atoms with Crippen molar-refractivity contribution in [3.63, 3.8) is 0 Å². The Kier molecular flexibility index (Phi) is 5.70. The molecule has 3 heterocycles. The van der Waals surface area contributed by atoms with Gasteiger partial charge in [-0.05, 0) is 6.92 Å². The molecule has 0 saturated carbocycles. The zero-order valence-electron chi connectivity index (χ0n) is 15.6. The third-order valence-electron chi connectivity index (χ3n) is 5.21. The quantitative estimate of drug-likeness (QED) is 0.373. The summed E-state index contributed by atoms with van der Waals surface area (Å²) in [7, 11) is 0. The number of imide groups is 1. The van der Waals surface area contributed by atoms with E-state index in [2.05, 4.69) is 4.98 Å². The number of aromatic nitrogens is 2. The summed E-state index contributed by atoms with van der Waals surface area (Å²) in [6.45, 7) is 1.18. The van der Waals surface area contributed by atoms with E-state index in [9.17, 15) is 24.3 Å². The molecule has 2 aromatic rings. The zero-order chi connectivity index (χ0) is 22.8. The number of ether oxygens (including phenoxy) is 1. The Hall–Kier alpha value is -1.88. The molecule has 2 N–H and O–H groups in total. The van der Waals surface area contributed by atoms with E-state index in [0.29, 0.717) is 0 Å². The van der Waals surface area contributed by atoms with Crippen LogP contribution in [0.25, 0.3) is 0 Å². The molecular formula is C18H13Cl4N3O6. The fourth-order valence-electron chi connectivity index (χ4n) is 3.59. The highest BCUT2D eigenvalue weighted by Crippen LogP contribution is 2.45. The molecule has 13 heteroatoms. The van der Waals surface area contributed by atoms with Gasteiger partial charge in [-0.3, -0.25) is 28.8 Å². The average Bonchev–Trinajstić information content (AvgIpc) is 3.19. The van der Waals surface area contributed by atoms with Gasteiger partial charge in [0.25, 0.3) is 17.4 Å². The summed E-state index contributed by atoms with van der Waals surface area (Å²) >= 11 is 24.2. The molecule has 31 heavy (non-hydrogen) atoms. The molecule has 1 saturated heterocycles. The standard InChI is InChI=1S/C18H13Cl4N3O6/c1-5-3-24(18(30)23-15(5)27)8-2-6(26)7(31-8)4-25-16(28)9-10(17(25)29)12(20)14(22)13(21)11(9)19/h3,6-8,26H,2,4H2,1H3,(H,23,27,30)/t6-,7+,8+/m0/s1. The maximum absolute atomic E-state index is 12.9. The maximum Gasteiger partial charge on any atom is 0.330 e. The number of hydrogen-bond acceptors (Lipinski definition) is 6. The number of nitrogens with one attached hydrogen (secondary N) is 1. The van der Waals surface area contributed by atoms with Gasteiger partial charge in [-0.1, -0.05) is 46.4 Å². The lowest BCUT2D eigenvalue weighted by atomic mass is 10.1. The van der Waals surface area contributed by atoms with E-state index in [0.717, 1.165) is 9.47 Å². The Labute approximate surface area is 194 Å². The normalized spacial score (nSPS) is 23.0. The van der Waals surface area contributed by atoms with Crippen molar-refractivity contribution in [3.05, 3.63) is 63.8 Å². The van der Waals surface area contributed by atoms with E-state index in [1.807, 2.05) is 0 Å². The molecule has 9 nitrogen and oxygen atoms in total. The molecule has 4 rings (SSSR count). The van der Waals surface area contributed by atoms with Crippen LogP contribution in [0.2, 0.25) is 20.1 Å². The Morgan fingerprint density at radius 1 is 1.03 bits per heavy atom. The number of fused-ring (bicyclic) bond motifs is 1. The highest BCUT2D eigenvalue weighted by atomic mass is 35.5. The number of carbonyl (C=O) groups excluding carboxylic acids is 2. The lowest BCUT2D eigenvalue weighted by Crippen LogP contribution is -2.40. The number of aliphatic hydroxyl groups excluding tert-OH is 1. The summed E-state index contributed by atoms with van der Waals surface area (Å²) in [6, 6.07) is 0. The van der Waals surface area contributed by atoms with Gasteiger partial charge in [-0.15, -0.1) is 0 Å². The predicted molar refractivity (Wildman–Crippen MR) is 112 cm³/mol. The third-order valence-corrected chi connectivity index (χ3v) is 7.01. The van der Waals surface area contributed by atoms with Crippen molar-refractivity contribution in [2.45, 2.75) is 31.8 Å². The van der Waals surface area contributed by atoms with E-state index < -0.39 is 41.5 Å². The van der Waals surface area contributed by atoms with Crippen LogP contribution < -0.4 is 11.2 Å². The van der Waals surface area contributed by atoms with E-state index in [4.69, 9.17) is 51.1 Å². The van der Waals surface area contributed by atoms with Gasteiger partial charge in [0.2, 0.25) is 0 Å². The number of nitrogens with zero attached hydrogens (tertiary/aromatic N) is 2. The number of aromatic amines is 1. The molecule has 0 radical (unpaired) electrons. The molecule has 0 bridgehead atoms. The lowest BCUT2D eigenvalue weighted by molar-refractivity contribution is -0.0305. The van der Waals surface area contributed by atoms with Crippen LogP contribution in [0.5, 0.6) is 0 Å². The van der Waals surface area contributed by atoms with E-state index in [-0.39, 0.29) is 49.7 Å². The van der Waals surface area contributed by atoms with Crippen molar-refractivity contribution in [1.82, 2.24) is 14.5 Å². The smallest absolute Gasteiger partial charge is 0.330 e. The van der Waals surface area contributed by atoms with E-state index >= 15 is 0 Å². The molecule has 2 aliphatic rings. The number of amides is 2. The van der Waals surface area contributed by atoms with Crippen molar-refractivity contribution in [3.8, 4) is 0 Å². The molecule has 1 aromatic heterocycles. The van der Waals surface area contributed by atoms with Crippen molar-refractivity contribution in [2.24, 2.45) is 0 Å². The minimum Gasteiger partial charge on any atom is -0.390 e. The SMILES string of the molecule is Cc1cn([C@H]2C[C@H](O)[C@@H](CN3C(=O)c4c(Cl)c(Cl)c(Cl)c(Cl)c4C3=O)O2)c(=O)[nH]c1=O. The van der Waals surface area contributed by atoms with E-state index in [1.54, 1.807) is 0 Å². The number of halogens is 4. The Morgan fingerprint density at radius 2 is 1.58 bits per heavy atom. The van der Waals surface area contributed by atoms with Crippen LogP contribution in [0.3, 0.4) is 0 Å². The van der Waals surface area contributed by atoms with Gasteiger partial charge in [0, 0.05) is 18.2 Å². The summed E-state index contributed by atoms with van der Waals surface area (Å²) in [5.74, 6) is -1.52. The summed E-state index contributed by atoms with van der Waals surface area (Å²) in [6.07, 6.45) is -1.71. The highest BCUT2D eigenvalue weighted by molar-refractivity contribution is 6.55. The van der Waals surface area contributed by atoms with Gasteiger partial charge in [0.15, 0.2) is 0 Å². The van der Waals surface area contributed by atoms with Gasteiger partial charge in [0.05, 0.1) is 43.9 Å². The second-order valence-electron chi connectivity index (χ2n) is 7.14. The molecular weight excluding hydrogens is 496 g/mol. The van der Waals surface area contributed by atoms with Crippen LogP contribution in [0.15, 0.2) is 15.8 Å². The number of rotatable bonds is 3. The molecule has 2 aliphatic heterocycles. The summed E-state index contributed by atoms with van der Waals surface area (Å²) < 4.78 is 6.86. The number of benzene rings is 1. The minimum atomic E-state index is -1.11. The minimum absolute atomic E-state index is 0.00159. The Balaban J connectivity index is 1.61. The highest BCUT2D eigenvalue weighted by Gasteiger charge is 2.45. The van der Waals surface area contributed by atoms with Crippen molar-refractivity contribution in [2.75, 3.05) is 6.54 Å². The van der Waals surface area contributed by atoms with Gasteiger partial charge < -0.3 is 9.84 Å². The fourth-order valence-corrected chi connectivity index (χ4v) is 4.61. The lowest BCUT2D eigenvalue weighted by Gasteiger charge is -2.21. The van der Waals surface area contributed by atoms with Crippen molar-refractivity contribution < 1.29 is 19.4 Å². The number of H-pyrrole nitrogens is 1. The fraction of sp³-hybridized carbons (Fsp3) is 0.333. The molecule has 0 aliphatic carbocycles. The first-order chi connectivity index (χ1) is 14.5. The average molecular weight is 509 g/mol. The Bertz CT molecular complexity index is 1210. The molecule has 164 valence electrons. The first kappa shape index (κ1) is 22.3. The summed E-state index contributed by atoms with van der Waals surface area (Å²) in [5.41, 5.74) is -1.32. The topological polar surface area (TPSA) is 122 Å². The molecule has 0 spiro atoms. The van der Waals surface area contributed by atoms with Crippen LogP contribution in [0.4, 0.5) is 0 Å². The van der Waals surface area contributed by atoms with Crippen LogP contribution in [-0.4, -0.2) is 50.1 Å². The third kappa shape index (κ3) is 3.49. The van der Waals surface area contributed by atoms with Gasteiger partial charge in [0.1, 0.15) is 12.3 Å². The summed E-state index contributed by atoms with van der Waals surface area (Å²) in [4.78, 5) is 52.4. The first-order valence-electron chi connectivity index (χ1n) is 8.90. The summed E-state index contributed by atoms with van der Waals surface area (Å²) in [5, 5.41) is 9.72. The van der Waals surface area contributed by atoms with Gasteiger partial charge in [-0.2, -0.15) is 0 Å². The van der Waals surface area contributed by atoms with Crippen molar-refractivity contribution in [1.29, 1.82) is 0 Å². The van der Waals surface area contributed by atoms with Crippen LogP contribution in [0, 0.1) is 6.92 Å². The van der Waals surface area contributed by atoms with Crippen molar-refractivity contribution >= 4 is 58.2 Å².